The van der Waals surface area contributed by atoms with E-state index in [2.05, 4.69) is 4.98 Å². The van der Waals surface area contributed by atoms with Gasteiger partial charge >= 0.3 is 12.4 Å². The van der Waals surface area contributed by atoms with Crippen LogP contribution in [0.3, 0.4) is 0 Å². The standard InChI is InChI=1S/C8H5F6N/c1-4-2-5(7(9,10)11)3-6(15-4)8(12,13)14/h2-3H,1H3. The van der Waals surface area contributed by atoms with Crippen LogP contribution in [0, 0.1) is 6.92 Å². The zero-order chi connectivity index (χ0) is 11.9. The van der Waals surface area contributed by atoms with Crippen LogP contribution in [0.2, 0.25) is 0 Å². The van der Waals surface area contributed by atoms with Crippen LogP contribution in [0.15, 0.2) is 12.1 Å². The van der Waals surface area contributed by atoms with Crippen molar-refractivity contribution < 1.29 is 26.3 Å². The topological polar surface area (TPSA) is 12.9 Å². The number of hydrogen-bond donors (Lipinski definition) is 0. The number of aryl methyl sites for hydroxylation is 1. The van der Waals surface area contributed by atoms with E-state index in [1.54, 1.807) is 0 Å². The van der Waals surface area contributed by atoms with Crippen molar-refractivity contribution >= 4 is 0 Å². The number of rotatable bonds is 0. The second kappa shape index (κ2) is 3.39. The molecule has 1 aromatic rings. The van der Waals surface area contributed by atoms with Gasteiger partial charge in [-0.25, -0.2) is 4.98 Å². The first-order valence-corrected chi connectivity index (χ1v) is 3.74. The molecule has 0 atom stereocenters. The van der Waals surface area contributed by atoms with Crippen LogP contribution in [0.4, 0.5) is 26.3 Å². The molecule has 0 spiro atoms. The van der Waals surface area contributed by atoms with Crippen molar-refractivity contribution in [2.24, 2.45) is 0 Å². The predicted octanol–water partition coefficient (Wildman–Crippen LogP) is 3.43. The highest BCUT2D eigenvalue weighted by Crippen LogP contribution is 2.34. The Morgan fingerprint density at radius 2 is 1.47 bits per heavy atom. The smallest absolute Gasteiger partial charge is 0.249 e. The third kappa shape index (κ3) is 2.84. The van der Waals surface area contributed by atoms with Gasteiger partial charge in [0.15, 0.2) is 0 Å². The zero-order valence-electron chi connectivity index (χ0n) is 7.37. The summed E-state index contributed by atoms with van der Waals surface area (Å²) in [4.78, 5) is 2.99. The Kier molecular flexibility index (Phi) is 2.67. The lowest BCUT2D eigenvalue weighted by Gasteiger charge is -2.11. The zero-order valence-corrected chi connectivity index (χ0v) is 7.37. The van der Waals surface area contributed by atoms with E-state index in [-0.39, 0.29) is 11.8 Å². The van der Waals surface area contributed by atoms with Gasteiger partial charge in [-0.1, -0.05) is 0 Å². The number of pyridine rings is 1. The summed E-state index contributed by atoms with van der Waals surface area (Å²) in [6.45, 7) is 1.07. The summed E-state index contributed by atoms with van der Waals surface area (Å²) in [5.74, 6) is 0. The molecule has 0 radical (unpaired) electrons. The SMILES string of the molecule is Cc1cc(C(F)(F)F)cc(C(F)(F)F)n1. The summed E-state index contributed by atoms with van der Waals surface area (Å²) >= 11 is 0. The van der Waals surface area contributed by atoms with Gasteiger partial charge in [-0.3, -0.25) is 0 Å². The van der Waals surface area contributed by atoms with Crippen molar-refractivity contribution in [1.82, 2.24) is 4.98 Å². The molecule has 0 fully saturated rings. The van der Waals surface area contributed by atoms with E-state index in [0.717, 1.165) is 6.92 Å². The van der Waals surface area contributed by atoms with E-state index < -0.39 is 23.6 Å². The molecule has 84 valence electrons. The lowest BCUT2D eigenvalue weighted by atomic mass is 10.2. The summed E-state index contributed by atoms with van der Waals surface area (Å²) in [5.41, 5.74) is -3.20. The largest absolute Gasteiger partial charge is 0.433 e. The highest BCUT2D eigenvalue weighted by molar-refractivity contribution is 5.24. The molecule has 15 heavy (non-hydrogen) atoms. The summed E-state index contributed by atoms with van der Waals surface area (Å²) in [6, 6.07) is 0.558. The van der Waals surface area contributed by atoms with Crippen LogP contribution in [0.5, 0.6) is 0 Å². The maximum absolute atomic E-state index is 12.1. The van der Waals surface area contributed by atoms with Gasteiger partial charge in [-0.15, -0.1) is 0 Å². The fourth-order valence-corrected chi connectivity index (χ4v) is 0.977. The summed E-state index contributed by atoms with van der Waals surface area (Å²) in [6.07, 6.45) is -9.67. The Hall–Kier alpha value is -1.27. The summed E-state index contributed by atoms with van der Waals surface area (Å²) in [7, 11) is 0. The molecule has 0 bridgehead atoms. The maximum atomic E-state index is 12.1. The Balaban J connectivity index is 3.30. The molecule has 1 heterocycles. The molecule has 0 aliphatic rings. The van der Waals surface area contributed by atoms with E-state index in [9.17, 15) is 26.3 Å². The second-order valence-electron chi connectivity index (χ2n) is 2.88. The third-order valence-electron chi connectivity index (χ3n) is 1.57. The van der Waals surface area contributed by atoms with Gasteiger partial charge in [0.25, 0.3) is 0 Å². The third-order valence-corrected chi connectivity index (χ3v) is 1.57. The van der Waals surface area contributed by atoms with Crippen LogP contribution < -0.4 is 0 Å². The number of hydrogen-bond acceptors (Lipinski definition) is 1. The average molecular weight is 229 g/mol. The molecule has 7 heteroatoms. The highest BCUT2D eigenvalue weighted by atomic mass is 19.4. The van der Waals surface area contributed by atoms with Crippen molar-refractivity contribution in [2.75, 3.05) is 0 Å². The first-order chi connectivity index (χ1) is 6.60. The highest BCUT2D eigenvalue weighted by Gasteiger charge is 2.37. The predicted molar refractivity (Wildman–Crippen MR) is 39.0 cm³/mol. The fourth-order valence-electron chi connectivity index (χ4n) is 0.977. The van der Waals surface area contributed by atoms with Gasteiger partial charge in [0.05, 0.1) is 5.56 Å². The number of aromatic nitrogens is 1. The first-order valence-electron chi connectivity index (χ1n) is 3.74. The Labute approximate surface area is 80.7 Å². The molecule has 0 amide bonds. The van der Waals surface area contributed by atoms with E-state index >= 15 is 0 Å². The molecule has 0 saturated carbocycles. The quantitative estimate of drug-likeness (QED) is 0.621. The molecule has 1 nitrogen and oxygen atoms in total. The lowest BCUT2D eigenvalue weighted by molar-refractivity contribution is -0.145. The number of nitrogens with zero attached hydrogens (tertiary/aromatic N) is 1. The summed E-state index contributed by atoms with van der Waals surface area (Å²) < 4.78 is 72.7. The molecule has 0 N–H and O–H groups in total. The van der Waals surface area contributed by atoms with E-state index in [0.29, 0.717) is 6.07 Å². The minimum Gasteiger partial charge on any atom is -0.249 e. The van der Waals surface area contributed by atoms with Crippen LogP contribution in [0.1, 0.15) is 17.0 Å². The van der Waals surface area contributed by atoms with E-state index in [1.807, 2.05) is 0 Å². The molecule has 1 aromatic heterocycles. The molecule has 0 saturated heterocycles. The molecule has 0 aliphatic carbocycles. The first kappa shape index (κ1) is 11.8. The normalized spacial score (nSPS) is 13.0. The minimum atomic E-state index is -4.87. The van der Waals surface area contributed by atoms with Crippen LogP contribution >= 0.6 is 0 Å². The van der Waals surface area contributed by atoms with Crippen LogP contribution in [-0.2, 0) is 12.4 Å². The van der Waals surface area contributed by atoms with Gasteiger partial charge in [0.1, 0.15) is 5.69 Å². The Bertz CT molecular complexity index is 332. The molecule has 0 aliphatic heterocycles. The average Bonchev–Trinajstić information content (AvgIpc) is 1.99. The molecule has 0 unspecified atom stereocenters. The van der Waals surface area contributed by atoms with Crippen molar-refractivity contribution in [2.45, 2.75) is 19.3 Å². The van der Waals surface area contributed by atoms with Crippen molar-refractivity contribution in [3.05, 3.63) is 29.1 Å². The maximum Gasteiger partial charge on any atom is 0.433 e. The van der Waals surface area contributed by atoms with Gasteiger partial charge in [-0.05, 0) is 19.1 Å². The second-order valence-corrected chi connectivity index (χ2v) is 2.88. The van der Waals surface area contributed by atoms with Gasteiger partial charge in [0, 0.05) is 5.69 Å². The number of halogens is 6. The van der Waals surface area contributed by atoms with Gasteiger partial charge in [0.2, 0.25) is 0 Å². The van der Waals surface area contributed by atoms with Gasteiger partial charge in [-0.2, -0.15) is 26.3 Å². The Morgan fingerprint density at radius 1 is 0.933 bits per heavy atom. The van der Waals surface area contributed by atoms with Crippen LogP contribution in [-0.4, -0.2) is 4.98 Å². The summed E-state index contributed by atoms with van der Waals surface area (Å²) in [5, 5.41) is 0. The van der Waals surface area contributed by atoms with Crippen LogP contribution in [0.25, 0.3) is 0 Å². The van der Waals surface area contributed by atoms with Crippen molar-refractivity contribution in [3.8, 4) is 0 Å². The monoisotopic (exact) mass is 229 g/mol. The minimum absolute atomic E-state index is 0.00694. The number of alkyl halides is 6. The van der Waals surface area contributed by atoms with E-state index in [1.165, 1.54) is 0 Å². The molecular formula is C8H5F6N. The Morgan fingerprint density at radius 3 is 1.87 bits per heavy atom. The van der Waals surface area contributed by atoms with Crippen molar-refractivity contribution in [1.29, 1.82) is 0 Å². The lowest BCUT2D eigenvalue weighted by Crippen LogP contribution is -2.13. The van der Waals surface area contributed by atoms with Gasteiger partial charge < -0.3 is 0 Å². The fraction of sp³-hybridized carbons (Fsp3) is 0.375. The molecule has 1 rings (SSSR count). The molecular weight excluding hydrogens is 224 g/mol. The van der Waals surface area contributed by atoms with E-state index in [4.69, 9.17) is 0 Å². The molecule has 0 aromatic carbocycles. The van der Waals surface area contributed by atoms with Crippen molar-refractivity contribution in [3.63, 3.8) is 0 Å².